The normalized spacial score (nSPS) is 11.1. The average molecular weight is 268 g/mol. The number of pyridine rings is 1. The zero-order valence-corrected chi connectivity index (χ0v) is 10.7. The number of nitrogens with two attached hydrogens (primary N) is 1. The number of hydrogen-bond donors (Lipinski definition) is 4. The third-order valence-corrected chi connectivity index (χ3v) is 2.71. The second-order valence-electron chi connectivity index (χ2n) is 4.17. The van der Waals surface area contributed by atoms with E-state index in [1.54, 1.807) is 24.3 Å². The molecule has 2 aromatic rings. The van der Waals surface area contributed by atoms with E-state index >= 15 is 0 Å². The second-order valence-corrected chi connectivity index (χ2v) is 4.17. The number of hydrogen-bond acceptors (Lipinski definition) is 5. The summed E-state index contributed by atoms with van der Waals surface area (Å²) >= 11 is 0. The molecule has 7 heteroatoms. The number of nitrogens with one attached hydrogen (secondary N) is 3. The van der Waals surface area contributed by atoms with Crippen LogP contribution in [0.15, 0.2) is 34.2 Å². The topological polar surface area (TPSA) is 131 Å². The quantitative estimate of drug-likeness (QED) is 0.376. The van der Waals surface area contributed by atoms with Gasteiger partial charge in [-0.15, -0.1) is 0 Å². The van der Waals surface area contributed by atoms with Crippen LogP contribution >= 0.6 is 0 Å². The van der Waals surface area contributed by atoms with Crippen molar-refractivity contribution in [2.75, 3.05) is 5.43 Å². The summed E-state index contributed by atoms with van der Waals surface area (Å²) < 4.78 is 0. The molecule has 0 saturated carbocycles. The fraction of sp³-hybridized carbons (Fsp3) is 0.0769. The number of benzene rings is 1. The standard InChI is InChI=1S/C13H12N6O/c1-7-4-12(20)17-10-3-2-8(5-9(7)10)18-19-11(6-14)13(15)16/h2-5,18H,1H3,(H3,15,16)(H,17,20)/b19-11+. The molecule has 0 aliphatic carbocycles. The van der Waals surface area contributed by atoms with E-state index in [2.05, 4.69) is 15.5 Å². The predicted octanol–water partition coefficient (Wildman–Crippen LogP) is 1.06. The molecule has 0 bridgehead atoms. The fourth-order valence-corrected chi connectivity index (χ4v) is 1.76. The maximum atomic E-state index is 11.4. The summed E-state index contributed by atoms with van der Waals surface area (Å²) in [5.41, 5.74) is 9.69. The van der Waals surface area contributed by atoms with Gasteiger partial charge in [-0.25, -0.2) is 0 Å². The van der Waals surface area contributed by atoms with Gasteiger partial charge in [0.2, 0.25) is 11.3 Å². The monoisotopic (exact) mass is 268 g/mol. The van der Waals surface area contributed by atoms with E-state index in [0.29, 0.717) is 5.69 Å². The van der Waals surface area contributed by atoms with Crippen LogP contribution in [-0.2, 0) is 0 Å². The minimum absolute atomic E-state index is 0.155. The Kier molecular flexibility index (Phi) is 3.48. The van der Waals surface area contributed by atoms with E-state index in [0.717, 1.165) is 16.5 Å². The highest BCUT2D eigenvalue weighted by atomic mass is 16.1. The van der Waals surface area contributed by atoms with Gasteiger partial charge in [0, 0.05) is 17.0 Å². The van der Waals surface area contributed by atoms with Gasteiger partial charge in [0.05, 0.1) is 5.69 Å². The Morgan fingerprint density at radius 1 is 1.50 bits per heavy atom. The van der Waals surface area contributed by atoms with Gasteiger partial charge in [-0.05, 0) is 30.7 Å². The van der Waals surface area contributed by atoms with Crippen molar-refractivity contribution in [3.63, 3.8) is 0 Å². The van der Waals surface area contributed by atoms with Crippen LogP contribution in [0.4, 0.5) is 5.69 Å². The molecule has 0 unspecified atom stereocenters. The number of amidine groups is 1. The van der Waals surface area contributed by atoms with Crippen LogP contribution in [0.1, 0.15) is 5.56 Å². The number of anilines is 1. The fourth-order valence-electron chi connectivity index (χ4n) is 1.76. The summed E-state index contributed by atoms with van der Waals surface area (Å²) in [6, 6.07) is 8.46. The molecule has 0 spiro atoms. The van der Waals surface area contributed by atoms with Gasteiger partial charge in [-0.3, -0.25) is 15.6 Å². The lowest BCUT2D eigenvalue weighted by atomic mass is 10.1. The maximum Gasteiger partial charge on any atom is 0.248 e. The van der Waals surface area contributed by atoms with Crippen molar-refractivity contribution in [3.05, 3.63) is 40.2 Å². The largest absolute Gasteiger partial charge is 0.382 e. The second kappa shape index (κ2) is 5.24. The van der Waals surface area contributed by atoms with Crippen LogP contribution in [0.5, 0.6) is 0 Å². The average Bonchev–Trinajstić information content (AvgIpc) is 2.39. The highest BCUT2D eigenvalue weighted by molar-refractivity contribution is 6.45. The molecular formula is C13H12N6O. The highest BCUT2D eigenvalue weighted by Gasteiger charge is 2.03. The number of fused-ring (bicyclic) bond motifs is 1. The summed E-state index contributed by atoms with van der Waals surface area (Å²) in [6.07, 6.45) is 0. The van der Waals surface area contributed by atoms with Crippen molar-refractivity contribution in [2.24, 2.45) is 10.8 Å². The van der Waals surface area contributed by atoms with Gasteiger partial charge < -0.3 is 10.7 Å². The number of H-pyrrole nitrogens is 1. The molecule has 0 radical (unpaired) electrons. The van der Waals surface area contributed by atoms with E-state index in [1.807, 2.05) is 6.92 Å². The summed E-state index contributed by atoms with van der Waals surface area (Å²) in [4.78, 5) is 14.1. The van der Waals surface area contributed by atoms with Crippen molar-refractivity contribution < 1.29 is 0 Å². The highest BCUT2D eigenvalue weighted by Crippen LogP contribution is 2.19. The van der Waals surface area contributed by atoms with E-state index < -0.39 is 5.84 Å². The minimum Gasteiger partial charge on any atom is -0.382 e. The zero-order valence-electron chi connectivity index (χ0n) is 10.7. The number of rotatable bonds is 3. The molecular weight excluding hydrogens is 256 g/mol. The lowest BCUT2D eigenvalue weighted by Crippen LogP contribution is -2.21. The summed E-state index contributed by atoms with van der Waals surface area (Å²) in [7, 11) is 0. The lowest BCUT2D eigenvalue weighted by Gasteiger charge is -2.05. The molecule has 0 aliphatic rings. The Morgan fingerprint density at radius 2 is 2.25 bits per heavy atom. The van der Waals surface area contributed by atoms with E-state index in [1.165, 1.54) is 6.07 Å². The first-order valence-electron chi connectivity index (χ1n) is 5.73. The third-order valence-electron chi connectivity index (χ3n) is 2.71. The van der Waals surface area contributed by atoms with Crippen molar-refractivity contribution in [1.29, 1.82) is 10.7 Å². The molecule has 5 N–H and O–H groups in total. The number of aryl methyl sites for hydroxylation is 1. The first-order chi connectivity index (χ1) is 9.51. The molecule has 1 heterocycles. The molecule has 0 aliphatic heterocycles. The molecule has 0 atom stereocenters. The van der Waals surface area contributed by atoms with E-state index in [4.69, 9.17) is 16.4 Å². The SMILES string of the molecule is Cc1cc(=O)[nH]c2ccc(N/N=C(\C#N)C(=N)N)cc12. The molecule has 1 aromatic heterocycles. The zero-order chi connectivity index (χ0) is 14.7. The Bertz CT molecular complexity index is 812. The van der Waals surface area contributed by atoms with Crippen LogP contribution in [-0.4, -0.2) is 16.5 Å². The van der Waals surface area contributed by atoms with Gasteiger partial charge in [-0.1, -0.05) is 0 Å². The molecule has 0 amide bonds. The predicted molar refractivity (Wildman–Crippen MR) is 77.9 cm³/mol. The van der Waals surface area contributed by atoms with Crippen molar-refractivity contribution in [3.8, 4) is 6.07 Å². The number of nitriles is 1. The minimum atomic E-state index is -0.402. The molecule has 100 valence electrons. The maximum absolute atomic E-state index is 11.4. The number of nitrogens with zero attached hydrogens (tertiary/aromatic N) is 2. The van der Waals surface area contributed by atoms with Crippen LogP contribution < -0.4 is 16.7 Å². The Hall–Kier alpha value is -3.14. The van der Waals surface area contributed by atoms with Crippen LogP contribution in [0.3, 0.4) is 0 Å². The van der Waals surface area contributed by atoms with Crippen molar-refractivity contribution in [2.45, 2.75) is 6.92 Å². The van der Waals surface area contributed by atoms with E-state index in [-0.39, 0.29) is 11.3 Å². The lowest BCUT2D eigenvalue weighted by molar-refractivity contribution is 1.27. The molecule has 20 heavy (non-hydrogen) atoms. The summed E-state index contributed by atoms with van der Waals surface area (Å²) in [5.74, 6) is -0.402. The van der Waals surface area contributed by atoms with Gasteiger partial charge in [0.1, 0.15) is 6.07 Å². The van der Waals surface area contributed by atoms with Gasteiger partial charge in [-0.2, -0.15) is 10.4 Å². The molecule has 7 nitrogen and oxygen atoms in total. The van der Waals surface area contributed by atoms with Crippen LogP contribution in [0.25, 0.3) is 10.9 Å². The molecule has 2 rings (SSSR count). The van der Waals surface area contributed by atoms with Gasteiger partial charge in [0.25, 0.3) is 0 Å². The van der Waals surface area contributed by atoms with Crippen molar-refractivity contribution in [1.82, 2.24) is 4.98 Å². The van der Waals surface area contributed by atoms with E-state index in [9.17, 15) is 4.79 Å². The summed E-state index contributed by atoms with van der Waals surface area (Å²) in [5, 5.41) is 20.5. The van der Waals surface area contributed by atoms with Gasteiger partial charge in [0.15, 0.2) is 5.84 Å². The smallest absolute Gasteiger partial charge is 0.248 e. The third kappa shape index (κ3) is 2.64. The van der Waals surface area contributed by atoms with Gasteiger partial charge >= 0.3 is 0 Å². The molecule has 0 saturated heterocycles. The first kappa shape index (κ1) is 13.3. The molecule has 1 aromatic carbocycles. The first-order valence-corrected chi connectivity index (χ1v) is 5.73. The number of hydrazone groups is 1. The van der Waals surface area contributed by atoms with Crippen LogP contribution in [0.2, 0.25) is 0 Å². The Morgan fingerprint density at radius 3 is 2.90 bits per heavy atom. The summed E-state index contributed by atoms with van der Waals surface area (Å²) in [6.45, 7) is 1.83. The Labute approximate surface area is 114 Å². The Balaban J connectivity index is 2.41. The molecule has 0 fully saturated rings. The van der Waals surface area contributed by atoms with Crippen molar-refractivity contribution >= 4 is 28.1 Å². The number of aromatic nitrogens is 1. The van der Waals surface area contributed by atoms with Crippen LogP contribution in [0, 0.1) is 23.7 Å². The number of aromatic amines is 1.